The highest BCUT2D eigenvalue weighted by molar-refractivity contribution is 5.99. The number of aromatic nitrogens is 5. The van der Waals surface area contributed by atoms with Crippen molar-refractivity contribution in [3.63, 3.8) is 0 Å². The van der Waals surface area contributed by atoms with Crippen molar-refractivity contribution in [2.45, 2.75) is 19.5 Å². The summed E-state index contributed by atoms with van der Waals surface area (Å²) < 4.78 is 39.9. The highest BCUT2D eigenvalue weighted by Gasteiger charge is 2.35. The normalized spacial score (nSPS) is 11.7. The molecule has 0 spiro atoms. The van der Waals surface area contributed by atoms with Crippen LogP contribution in [0.15, 0.2) is 30.9 Å². The van der Waals surface area contributed by atoms with Crippen molar-refractivity contribution < 1.29 is 18.0 Å². The molecule has 0 saturated carbocycles. The lowest BCUT2D eigenvalue weighted by atomic mass is 10.2. The third-order valence-corrected chi connectivity index (χ3v) is 3.42. The van der Waals surface area contributed by atoms with Crippen molar-refractivity contribution in [2.75, 3.05) is 6.54 Å². The van der Waals surface area contributed by atoms with Gasteiger partial charge in [0, 0.05) is 37.3 Å². The van der Waals surface area contributed by atoms with E-state index < -0.39 is 17.8 Å². The first-order chi connectivity index (χ1) is 11.9. The minimum atomic E-state index is -4.60. The minimum absolute atomic E-state index is 0.0201. The molecule has 3 heterocycles. The maximum absolute atomic E-state index is 13.1. The fourth-order valence-electron chi connectivity index (χ4n) is 2.30. The summed E-state index contributed by atoms with van der Waals surface area (Å²) in [6.07, 6.45) is 1.56. The molecule has 3 aromatic heterocycles. The lowest BCUT2D eigenvalue weighted by Gasteiger charge is -2.10. The van der Waals surface area contributed by atoms with Crippen LogP contribution in [0.2, 0.25) is 0 Å². The van der Waals surface area contributed by atoms with E-state index in [2.05, 4.69) is 25.4 Å². The molecular formula is C15H13F3N6O. The molecule has 25 heavy (non-hydrogen) atoms. The van der Waals surface area contributed by atoms with E-state index in [-0.39, 0.29) is 23.4 Å². The third-order valence-electron chi connectivity index (χ3n) is 3.42. The van der Waals surface area contributed by atoms with Gasteiger partial charge in [-0.15, -0.1) is 0 Å². The second-order valence-corrected chi connectivity index (χ2v) is 5.28. The molecule has 7 nitrogen and oxygen atoms in total. The molecule has 1 amide bonds. The van der Waals surface area contributed by atoms with Gasteiger partial charge in [-0.3, -0.25) is 14.8 Å². The van der Waals surface area contributed by atoms with Gasteiger partial charge in [-0.2, -0.15) is 18.3 Å². The van der Waals surface area contributed by atoms with Crippen LogP contribution in [0.5, 0.6) is 0 Å². The molecule has 3 rings (SSSR count). The number of rotatable bonds is 4. The Morgan fingerprint density at radius 2 is 2.08 bits per heavy atom. The molecule has 10 heteroatoms. The van der Waals surface area contributed by atoms with E-state index >= 15 is 0 Å². The van der Waals surface area contributed by atoms with E-state index in [9.17, 15) is 18.0 Å². The fraction of sp³-hybridized carbons (Fsp3) is 0.267. The van der Waals surface area contributed by atoms with Crippen LogP contribution in [0, 0.1) is 6.92 Å². The summed E-state index contributed by atoms with van der Waals surface area (Å²) in [6, 6.07) is 0.885. The molecule has 0 atom stereocenters. The molecular weight excluding hydrogens is 337 g/mol. The van der Waals surface area contributed by atoms with Gasteiger partial charge >= 0.3 is 6.18 Å². The molecule has 0 aliphatic rings. The van der Waals surface area contributed by atoms with E-state index in [1.165, 1.54) is 19.3 Å². The topological polar surface area (TPSA) is 85.1 Å². The van der Waals surface area contributed by atoms with Gasteiger partial charge in [0.1, 0.15) is 11.3 Å². The average molecular weight is 350 g/mol. The summed E-state index contributed by atoms with van der Waals surface area (Å²) in [5.74, 6) is -0.551. The summed E-state index contributed by atoms with van der Waals surface area (Å²) in [4.78, 5) is 24.3. The molecule has 0 unspecified atom stereocenters. The molecule has 0 saturated heterocycles. The highest BCUT2D eigenvalue weighted by Crippen LogP contribution is 2.30. The molecule has 0 aromatic carbocycles. The smallest absolute Gasteiger partial charge is 0.351 e. The Bertz CT molecular complexity index is 907. The molecule has 0 bridgehead atoms. The lowest BCUT2D eigenvalue weighted by Crippen LogP contribution is -2.26. The van der Waals surface area contributed by atoms with Crippen LogP contribution in [-0.4, -0.2) is 37.0 Å². The van der Waals surface area contributed by atoms with Gasteiger partial charge in [-0.05, 0) is 13.0 Å². The van der Waals surface area contributed by atoms with Gasteiger partial charge in [0.15, 0.2) is 5.65 Å². The van der Waals surface area contributed by atoms with Crippen LogP contribution in [-0.2, 0) is 12.6 Å². The number of alkyl halides is 3. The van der Waals surface area contributed by atoms with Crippen LogP contribution in [0.25, 0.3) is 5.65 Å². The maximum atomic E-state index is 13.1. The summed E-state index contributed by atoms with van der Waals surface area (Å²) in [6.45, 7) is 1.69. The van der Waals surface area contributed by atoms with E-state index in [1.54, 1.807) is 6.20 Å². The fourth-order valence-corrected chi connectivity index (χ4v) is 2.30. The summed E-state index contributed by atoms with van der Waals surface area (Å²) in [5.41, 5.74) is -0.295. The lowest BCUT2D eigenvalue weighted by molar-refractivity contribution is -0.142. The third kappa shape index (κ3) is 3.57. The number of hydrogen-bond acceptors (Lipinski definition) is 5. The van der Waals surface area contributed by atoms with E-state index in [1.807, 2.05) is 0 Å². The average Bonchev–Trinajstić information content (AvgIpc) is 2.97. The number of amides is 1. The second kappa shape index (κ2) is 6.46. The Balaban J connectivity index is 1.81. The van der Waals surface area contributed by atoms with Gasteiger partial charge in [0.2, 0.25) is 0 Å². The molecule has 130 valence electrons. The zero-order valence-corrected chi connectivity index (χ0v) is 13.1. The SMILES string of the molecule is Cc1cc(C(F)(F)F)n2ncc(C(=O)NCCc3cnccn3)c2n1. The van der Waals surface area contributed by atoms with Gasteiger partial charge in [0.05, 0.1) is 11.9 Å². The van der Waals surface area contributed by atoms with Crippen LogP contribution in [0.4, 0.5) is 13.2 Å². The molecule has 3 aromatic rings. The number of aryl methyl sites for hydroxylation is 1. The second-order valence-electron chi connectivity index (χ2n) is 5.28. The van der Waals surface area contributed by atoms with E-state index in [4.69, 9.17) is 0 Å². The summed E-state index contributed by atoms with van der Waals surface area (Å²) in [7, 11) is 0. The Kier molecular flexibility index (Phi) is 4.34. The zero-order chi connectivity index (χ0) is 18.0. The largest absolute Gasteiger partial charge is 0.433 e. The van der Waals surface area contributed by atoms with Gasteiger partial charge in [-0.1, -0.05) is 0 Å². The Hall–Kier alpha value is -3.04. The van der Waals surface area contributed by atoms with E-state index in [0.29, 0.717) is 16.6 Å². The quantitative estimate of drug-likeness (QED) is 0.776. The Labute approximate surface area is 139 Å². The summed E-state index contributed by atoms with van der Waals surface area (Å²) in [5, 5.41) is 6.29. The molecule has 1 N–H and O–H groups in total. The predicted octanol–water partition coefficient (Wildman–Crippen LogP) is 1.82. The number of halogens is 3. The highest BCUT2D eigenvalue weighted by atomic mass is 19.4. The summed E-state index contributed by atoms with van der Waals surface area (Å²) >= 11 is 0. The van der Waals surface area contributed by atoms with Crippen molar-refractivity contribution >= 4 is 11.6 Å². The first kappa shape index (κ1) is 16.8. The molecule has 0 fully saturated rings. The number of hydrogen-bond donors (Lipinski definition) is 1. The number of carbonyl (C=O) groups is 1. The Morgan fingerprint density at radius 1 is 1.28 bits per heavy atom. The van der Waals surface area contributed by atoms with Crippen LogP contribution in [0.1, 0.15) is 27.4 Å². The maximum Gasteiger partial charge on any atom is 0.433 e. The van der Waals surface area contributed by atoms with Crippen molar-refractivity contribution in [1.82, 2.24) is 29.9 Å². The van der Waals surface area contributed by atoms with E-state index in [0.717, 1.165) is 12.3 Å². The van der Waals surface area contributed by atoms with Gasteiger partial charge in [-0.25, -0.2) is 9.50 Å². The first-order valence-electron chi connectivity index (χ1n) is 7.32. The molecule has 0 radical (unpaired) electrons. The van der Waals surface area contributed by atoms with Crippen molar-refractivity contribution in [3.8, 4) is 0 Å². The predicted molar refractivity (Wildman–Crippen MR) is 80.8 cm³/mol. The van der Waals surface area contributed by atoms with Crippen LogP contribution in [0.3, 0.4) is 0 Å². The van der Waals surface area contributed by atoms with Crippen molar-refractivity contribution in [3.05, 3.63) is 53.5 Å². The van der Waals surface area contributed by atoms with Gasteiger partial charge in [0.25, 0.3) is 5.91 Å². The van der Waals surface area contributed by atoms with Crippen LogP contribution < -0.4 is 5.32 Å². The monoisotopic (exact) mass is 350 g/mol. The zero-order valence-electron chi connectivity index (χ0n) is 13.1. The number of fused-ring (bicyclic) bond motifs is 1. The number of nitrogens with one attached hydrogen (secondary N) is 1. The van der Waals surface area contributed by atoms with Crippen molar-refractivity contribution in [1.29, 1.82) is 0 Å². The number of nitrogens with zero attached hydrogens (tertiary/aromatic N) is 5. The first-order valence-corrected chi connectivity index (χ1v) is 7.32. The molecule has 0 aliphatic carbocycles. The number of carbonyl (C=O) groups excluding carboxylic acids is 1. The van der Waals surface area contributed by atoms with Gasteiger partial charge < -0.3 is 5.32 Å². The Morgan fingerprint density at radius 3 is 2.76 bits per heavy atom. The standard InChI is InChI=1S/C15H13F3N6O/c1-9-6-12(15(16,17)18)24-13(23-9)11(8-22-24)14(25)21-3-2-10-7-19-4-5-20-10/h4-8H,2-3H2,1H3,(H,21,25). The van der Waals surface area contributed by atoms with Crippen LogP contribution >= 0.6 is 0 Å². The molecule has 0 aliphatic heterocycles. The minimum Gasteiger partial charge on any atom is -0.351 e. The van der Waals surface area contributed by atoms with Crippen molar-refractivity contribution in [2.24, 2.45) is 0 Å².